The number of aryl methyl sites for hydroxylation is 3. The third-order valence-electron chi connectivity index (χ3n) is 3.12. The van der Waals surface area contributed by atoms with Crippen LogP contribution in [-0.4, -0.2) is 23.3 Å². The number of nitrogens with zero attached hydrogens (tertiary/aromatic N) is 2. The molecule has 2 rings (SSSR count). The van der Waals surface area contributed by atoms with Gasteiger partial charge >= 0.3 is 0 Å². The lowest BCUT2D eigenvalue weighted by Crippen LogP contribution is -2.15. The van der Waals surface area contributed by atoms with Crippen LogP contribution >= 0.6 is 11.3 Å². The minimum Gasteiger partial charge on any atom is -0.317 e. The molecule has 0 bridgehead atoms. The van der Waals surface area contributed by atoms with Crippen molar-refractivity contribution in [2.24, 2.45) is 0 Å². The first-order chi connectivity index (χ1) is 9.11. The lowest BCUT2D eigenvalue weighted by molar-refractivity contribution is 0.710. The van der Waals surface area contributed by atoms with E-state index in [1.165, 1.54) is 22.3 Å². The molecule has 19 heavy (non-hydrogen) atoms. The fourth-order valence-corrected chi connectivity index (χ4v) is 3.36. The van der Waals surface area contributed by atoms with Crippen LogP contribution in [0.25, 0.3) is 10.6 Å². The van der Waals surface area contributed by atoms with E-state index in [0.717, 1.165) is 29.5 Å². The summed E-state index contributed by atoms with van der Waals surface area (Å²) in [5, 5.41) is 14.1. The van der Waals surface area contributed by atoms with Gasteiger partial charge in [0.1, 0.15) is 10.0 Å². The van der Waals surface area contributed by atoms with Crippen molar-refractivity contribution in [3.63, 3.8) is 0 Å². The molecule has 4 heteroatoms. The highest BCUT2D eigenvalue weighted by Crippen LogP contribution is 2.30. The van der Waals surface area contributed by atoms with Crippen LogP contribution in [0.3, 0.4) is 0 Å². The van der Waals surface area contributed by atoms with Crippen LogP contribution < -0.4 is 5.32 Å². The Hall–Kier alpha value is -1.26. The molecule has 102 valence electrons. The Morgan fingerprint density at radius 2 is 1.79 bits per heavy atom. The minimum absolute atomic E-state index is 0.954. The molecule has 0 spiro atoms. The summed E-state index contributed by atoms with van der Waals surface area (Å²) in [6.07, 6.45) is 0.954. The van der Waals surface area contributed by atoms with E-state index in [2.05, 4.69) is 55.3 Å². The van der Waals surface area contributed by atoms with Gasteiger partial charge in [-0.25, -0.2) is 0 Å². The number of hydrogen-bond donors (Lipinski definition) is 1. The second-order valence-electron chi connectivity index (χ2n) is 4.88. The van der Waals surface area contributed by atoms with Crippen molar-refractivity contribution in [2.45, 2.75) is 34.1 Å². The molecule has 0 saturated heterocycles. The lowest BCUT2D eigenvalue weighted by atomic mass is 10.0. The highest BCUT2D eigenvalue weighted by atomic mass is 32.1. The quantitative estimate of drug-likeness (QED) is 0.851. The third kappa shape index (κ3) is 3.39. The van der Waals surface area contributed by atoms with Crippen LogP contribution in [0, 0.1) is 20.8 Å². The molecular weight excluding hydrogens is 254 g/mol. The van der Waals surface area contributed by atoms with Crippen molar-refractivity contribution in [1.29, 1.82) is 0 Å². The number of nitrogens with one attached hydrogen (secondary N) is 1. The molecule has 0 aliphatic rings. The Kier molecular flexibility index (Phi) is 4.66. The second-order valence-corrected chi connectivity index (χ2v) is 5.94. The van der Waals surface area contributed by atoms with Gasteiger partial charge in [-0.2, -0.15) is 0 Å². The Bertz CT molecular complexity index is 537. The first-order valence-electron chi connectivity index (χ1n) is 6.73. The van der Waals surface area contributed by atoms with Crippen molar-refractivity contribution in [1.82, 2.24) is 15.5 Å². The molecule has 0 aliphatic heterocycles. The van der Waals surface area contributed by atoms with Crippen LogP contribution in [-0.2, 0) is 6.42 Å². The fraction of sp³-hybridized carbons (Fsp3) is 0.467. The topological polar surface area (TPSA) is 37.8 Å². The normalized spacial score (nSPS) is 10.9. The molecule has 1 heterocycles. The fourth-order valence-electron chi connectivity index (χ4n) is 2.35. The average molecular weight is 275 g/mol. The smallest absolute Gasteiger partial charge is 0.148 e. The zero-order valence-electron chi connectivity index (χ0n) is 12.1. The molecular formula is C15H21N3S. The molecule has 1 aromatic heterocycles. The van der Waals surface area contributed by atoms with Gasteiger partial charge in [0.15, 0.2) is 0 Å². The Morgan fingerprint density at radius 3 is 2.42 bits per heavy atom. The van der Waals surface area contributed by atoms with Gasteiger partial charge in [0.2, 0.25) is 0 Å². The zero-order valence-corrected chi connectivity index (χ0v) is 12.9. The summed E-state index contributed by atoms with van der Waals surface area (Å²) < 4.78 is 0. The van der Waals surface area contributed by atoms with Crippen LogP contribution in [0.4, 0.5) is 0 Å². The van der Waals surface area contributed by atoms with Crippen LogP contribution in [0.5, 0.6) is 0 Å². The lowest BCUT2D eigenvalue weighted by Gasteiger charge is -2.07. The summed E-state index contributed by atoms with van der Waals surface area (Å²) in [7, 11) is 0. The maximum Gasteiger partial charge on any atom is 0.148 e. The van der Waals surface area contributed by atoms with Crippen molar-refractivity contribution in [3.05, 3.63) is 33.8 Å². The van der Waals surface area contributed by atoms with E-state index in [1.54, 1.807) is 11.3 Å². The van der Waals surface area contributed by atoms with Gasteiger partial charge in [0.05, 0.1) is 0 Å². The minimum atomic E-state index is 0.954. The van der Waals surface area contributed by atoms with Gasteiger partial charge < -0.3 is 5.32 Å². The van der Waals surface area contributed by atoms with E-state index in [1.807, 2.05) is 0 Å². The Morgan fingerprint density at radius 1 is 1.11 bits per heavy atom. The van der Waals surface area contributed by atoms with E-state index < -0.39 is 0 Å². The van der Waals surface area contributed by atoms with Crippen LogP contribution in [0.1, 0.15) is 28.6 Å². The van der Waals surface area contributed by atoms with Crippen molar-refractivity contribution < 1.29 is 0 Å². The van der Waals surface area contributed by atoms with E-state index >= 15 is 0 Å². The number of likely N-dealkylation sites (N-methyl/N-ethyl adjacent to an activating group) is 1. The summed E-state index contributed by atoms with van der Waals surface area (Å²) in [5.74, 6) is 0. The predicted octanol–water partition coefficient (Wildman–Crippen LogP) is 3.28. The van der Waals surface area contributed by atoms with Crippen molar-refractivity contribution in [3.8, 4) is 10.6 Å². The molecule has 0 atom stereocenters. The molecule has 0 saturated carbocycles. The van der Waals surface area contributed by atoms with Gasteiger partial charge in [-0.1, -0.05) is 36.0 Å². The van der Waals surface area contributed by atoms with Gasteiger partial charge in [0, 0.05) is 18.5 Å². The van der Waals surface area contributed by atoms with E-state index in [4.69, 9.17) is 0 Å². The van der Waals surface area contributed by atoms with Gasteiger partial charge in [0.25, 0.3) is 0 Å². The van der Waals surface area contributed by atoms with Gasteiger partial charge in [-0.05, 0) is 38.4 Å². The van der Waals surface area contributed by atoms with E-state index in [9.17, 15) is 0 Å². The molecule has 0 radical (unpaired) electrons. The third-order valence-corrected chi connectivity index (χ3v) is 4.12. The summed E-state index contributed by atoms with van der Waals surface area (Å²) in [5.41, 5.74) is 5.12. The molecule has 0 amide bonds. The van der Waals surface area contributed by atoms with Crippen LogP contribution in [0.15, 0.2) is 12.1 Å². The predicted molar refractivity (Wildman–Crippen MR) is 81.8 cm³/mol. The zero-order chi connectivity index (χ0) is 13.8. The number of benzene rings is 1. The molecule has 0 unspecified atom stereocenters. The summed E-state index contributed by atoms with van der Waals surface area (Å²) in [6, 6.07) is 4.42. The molecule has 3 nitrogen and oxygen atoms in total. The van der Waals surface area contributed by atoms with Crippen molar-refractivity contribution in [2.75, 3.05) is 13.1 Å². The standard InChI is InChI=1S/C15H21N3S/c1-5-16-7-6-13-17-18-15(19-13)14-11(3)8-10(2)9-12(14)4/h8-9,16H,5-7H2,1-4H3. The summed E-state index contributed by atoms with van der Waals surface area (Å²) >= 11 is 1.71. The van der Waals surface area contributed by atoms with Crippen LogP contribution in [0.2, 0.25) is 0 Å². The average Bonchev–Trinajstić information content (AvgIpc) is 2.76. The number of aromatic nitrogens is 2. The monoisotopic (exact) mass is 275 g/mol. The first-order valence-corrected chi connectivity index (χ1v) is 7.54. The highest BCUT2D eigenvalue weighted by Gasteiger charge is 2.12. The van der Waals surface area contributed by atoms with E-state index in [-0.39, 0.29) is 0 Å². The molecule has 1 aromatic carbocycles. The molecule has 2 aromatic rings. The summed E-state index contributed by atoms with van der Waals surface area (Å²) in [4.78, 5) is 0. The van der Waals surface area contributed by atoms with E-state index in [0.29, 0.717) is 0 Å². The maximum absolute atomic E-state index is 4.36. The Labute approximate surface area is 119 Å². The highest BCUT2D eigenvalue weighted by molar-refractivity contribution is 7.14. The van der Waals surface area contributed by atoms with Gasteiger partial charge in [-0.15, -0.1) is 10.2 Å². The van der Waals surface area contributed by atoms with Gasteiger partial charge in [-0.3, -0.25) is 0 Å². The molecule has 0 fully saturated rings. The number of rotatable bonds is 5. The summed E-state index contributed by atoms with van der Waals surface area (Å²) in [6.45, 7) is 10.5. The number of hydrogen-bond acceptors (Lipinski definition) is 4. The molecule has 1 N–H and O–H groups in total. The second kappa shape index (κ2) is 6.26. The maximum atomic E-state index is 4.36. The molecule has 0 aliphatic carbocycles. The SMILES string of the molecule is CCNCCc1nnc(-c2c(C)cc(C)cc2C)s1. The van der Waals surface area contributed by atoms with Crippen molar-refractivity contribution >= 4 is 11.3 Å². The Balaban J connectivity index is 2.23. The largest absolute Gasteiger partial charge is 0.317 e. The first kappa shape index (κ1) is 14.2.